The smallest absolute Gasteiger partial charge is 0.265 e. The zero-order valence-corrected chi connectivity index (χ0v) is 14.9. The van der Waals surface area contributed by atoms with Crippen LogP contribution >= 0.6 is 22.9 Å². The van der Waals surface area contributed by atoms with E-state index in [2.05, 4.69) is 10.3 Å². The Morgan fingerprint density at radius 1 is 1.52 bits per heavy atom. The lowest BCUT2D eigenvalue weighted by atomic mass is 10.1. The molecule has 0 spiro atoms. The SMILES string of the molecule is CNC[C@H]1CCN(C(=O)c2sc(-c3cccc(Cl)c3)nc2C)C1. The Bertz CT molecular complexity index is 716. The molecule has 4 nitrogen and oxygen atoms in total. The molecule has 23 heavy (non-hydrogen) atoms. The third-order valence-electron chi connectivity index (χ3n) is 4.13. The summed E-state index contributed by atoms with van der Waals surface area (Å²) in [5, 5.41) is 4.72. The number of carbonyl (C=O) groups excluding carboxylic acids is 1. The number of halogens is 1. The quantitative estimate of drug-likeness (QED) is 0.919. The van der Waals surface area contributed by atoms with Crippen LogP contribution in [0.3, 0.4) is 0 Å². The van der Waals surface area contributed by atoms with Crippen molar-refractivity contribution in [2.24, 2.45) is 5.92 Å². The summed E-state index contributed by atoms with van der Waals surface area (Å²) >= 11 is 7.50. The molecule has 1 N–H and O–H groups in total. The van der Waals surface area contributed by atoms with Crippen LogP contribution in [0.5, 0.6) is 0 Å². The Labute approximate surface area is 145 Å². The number of nitrogens with zero attached hydrogens (tertiary/aromatic N) is 2. The van der Waals surface area contributed by atoms with Gasteiger partial charge in [-0.3, -0.25) is 4.79 Å². The Morgan fingerprint density at radius 2 is 2.35 bits per heavy atom. The molecule has 2 heterocycles. The largest absolute Gasteiger partial charge is 0.338 e. The highest BCUT2D eigenvalue weighted by Gasteiger charge is 2.29. The van der Waals surface area contributed by atoms with Crippen molar-refractivity contribution in [3.8, 4) is 10.6 Å². The van der Waals surface area contributed by atoms with Crippen LogP contribution in [0.15, 0.2) is 24.3 Å². The van der Waals surface area contributed by atoms with E-state index in [4.69, 9.17) is 11.6 Å². The van der Waals surface area contributed by atoms with Gasteiger partial charge in [-0.05, 0) is 45.0 Å². The fraction of sp³-hybridized carbons (Fsp3) is 0.412. The second-order valence-electron chi connectivity index (χ2n) is 5.91. The molecule has 0 aliphatic carbocycles. The van der Waals surface area contributed by atoms with E-state index in [9.17, 15) is 4.79 Å². The molecular formula is C17H20ClN3OS. The number of rotatable bonds is 4. The molecule has 0 saturated carbocycles. The van der Waals surface area contributed by atoms with Crippen LogP contribution in [0.4, 0.5) is 0 Å². The highest BCUT2D eigenvalue weighted by molar-refractivity contribution is 7.17. The minimum Gasteiger partial charge on any atom is -0.338 e. The van der Waals surface area contributed by atoms with Crippen LogP contribution in [-0.2, 0) is 0 Å². The number of aromatic nitrogens is 1. The van der Waals surface area contributed by atoms with E-state index in [1.807, 2.05) is 43.1 Å². The second-order valence-corrected chi connectivity index (χ2v) is 7.34. The van der Waals surface area contributed by atoms with Crippen molar-refractivity contribution in [1.29, 1.82) is 0 Å². The first kappa shape index (κ1) is 16.4. The highest BCUT2D eigenvalue weighted by atomic mass is 35.5. The molecule has 0 unspecified atom stereocenters. The van der Waals surface area contributed by atoms with E-state index in [0.29, 0.717) is 10.9 Å². The zero-order chi connectivity index (χ0) is 16.4. The van der Waals surface area contributed by atoms with Crippen LogP contribution < -0.4 is 5.32 Å². The Hall–Kier alpha value is -1.43. The van der Waals surface area contributed by atoms with E-state index in [0.717, 1.165) is 47.2 Å². The van der Waals surface area contributed by atoms with Crippen molar-refractivity contribution in [3.05, 3.63) is 39.9 Å². The fourth-order valence-corrected chi connectivity index (χ4v) is 4.18. The number of thiazole rings is 1. The summed E-state index contributed by atoms with van der Waals surface area (Å²) in [5.41, 5.74) is 1.76. The number of benzene rings is 1. The maximum absolute atomic E-state index is 12.8. The van der Waals surface area contributed by atoms with Crippen LogP contribution in [0.2, 0.25) is 5.02 Å². The predicted octanol–water partition coefficient (Wildman–Crippen LogP) is 3.45. The summed E-state index contributed by atoms with van der Waals surface area (Å²) < 4.78 is 0. The minimum atomic E-state index is 0.104. The average molecular weight is 350 g/mol. The topological polar surface area (TPSA) is 45.2 Å². The van der Waals surface area contributed by atoms with Crippen LogP contribution in [-0.4, -0.2) is 42.5 Å². The lowest BCUT2D eigenvalue weighted by Gasteiger charge is -2.15. The van der Waals surface area contributed by atoms with Gasteiger partial charge in [0.2, 0.25) is 0 Å². The molecule has 1 atom stereocenters. The molecule has 1 aromatic carbocycles. The van der Waals surface area contributed by atoms with Gasteiger partial charge in [-0.1, -0.05) is 23.7 Å². The molecule has 3 rings (SSSR count). The molecule has 0 radical (unpaired) electrons. The number of hydrogen-bond acceptors (Lipinski definition) is 4. The molecule has 1 aromatic heterocycles. The van der Waals surface area contributed by atoms with E-state index in [-0.39, 0.29) is 5.91 Å². The third kappa shape index (κ3) is 3.57. The summed E-state index contributed by atoms with van der Waals surface area (Å²) in [6, 6.07) is 7.59. The zero-order valence-electron chi connectivity index (χ0n) is 13.3. The van der Waals surface area contributed by atoms with Crippen molar-refractivity contribution in [2.45, 2.75) is 13.3 Å². The van der Waals surface area contributed by atoms with Gasteiger partial charge < -0.3 is 10.2 Å². The molecule has 122 valence electrons. The van der Waals surface area contributed by atoms with Gasteiger partial charge in [0.05, 0.1) is 5.69 Å². The number of hydrogen-bond donors (Lipinski definition) is 1. The van der Waals surface area contributed by atoms with Gasteiger partial charge >= 0.3 is 0 Å². The van der Waals surface area contributed by atoms with Crippen molar-refractivity contribution < 1.29 is 4.79 Å². The third-order valence-corrected chi connectivity index (χ3v) is 5.56. The van der Waals surface area contributed by atoms with E-state index in [1.54, 1.807) is 0 Å². The fourth-order valence-electron chi connectivity index (χ4n) is 2.96. The molecule has 1 saturated heterocycles. The van der Waals surface area contributed by atoms with Gasteiger partial charge in [-0.25, -0.2) is 4.98 Å². The summed E-state index contributed by atoms with van der Waals surface area (Å²) in [6.45, 7) is 4.51. The summed E-state index contributed by atoms with van der Waals surface area (Å²) in [5.74, 6) is 0.649. The normalized spacial score (nSPS) is 17.7. The van der Waals surface area contributed by atoms with Gasteiger partial charge in [0, 0.05) is 23.7 Å². The van der Waals surface area contributed by atoms with Gasteiger partial charge in [-0.15, -0.1) is 11.3 Å². The first-order valence-electron chi connectivity index (χ1n) is 7.75. The molecule has 1 aliphatic heterocycles. The van der Waals surface area contributed by atoms with Gasteiger partial charge in [0.25, 0.3) is 5.91 Å². The van der Waals surface area contributed by atoms with E-state index in [1.165, 1.54) is 11.3 Å². The van der Waals surface area contributed by atoms with Gasteiger partial charge in [-0.2, -0.15) is 0 Å². The number of amides is 1. The second kappa shape index (κ2) is 6.99. The molecule has 1 aliphatic rings. The summed E-state index contributed by atoms with van der Waals surface area (Å²) in [6.07, 6.45) is 1.06. The number of aryl methyl sites for hydroxylation is 1. The molecule has 0 bridgehead atoms. The standard InChI is InChI=1S/C17H20ClN3OS/c1-11-15(17(22)21-7-6-12(10-21)9-19-2)23-16(20-11)13-4-3-5-14(18)8-13/h3-5,8,12,19H,6-7,9-10H2,1-2H3/t12-/m1/s1. The first-order chi connectivity index (χ1) is 11.1. The molecule has 1 amide bonds. The van der Waals surface area contributed by atoms with Crippen LogP contribution in [0, 0.1) is 12.8 Å². The lowest BCUT2D eigenvalue weighted by Crippen LogP contribution is -2.30. The summed E-state index contributed by atoms with van der Waals surface area (Å²) in [4.78, 5) is 20.0. The van der Waals surface area contributed by atoms with Crippen molar-refractivity contribution in [2.75, 3.05) is 26.7 Å². The van der Waals surface area contributed by atoms with Crippen LogP contribution in [0.25, 0.3) is 10.6 Å². The highest BCUT2D eigenvalue weighted by Crippen LogP contribution is 2.31. The monoisotopic (exact) mass is 349 g/mol. The number of likely N-dealkylation sites (tertiary alicyclic amines) is 1. The van der Waals surface area contributed by atoms with Crippen molar-refractivity contribution >= 4 is 28.8 Å². The molecule has 6 heteroatoms. The Balaban J connectivity index is 1.80. The predicted molar refractivity (Wildman–Crippen MR) is 95.2 cm³/mol. The maximum atomic E-state index is 12.8. The Morgan fingerprint density at radius 3 is 3.09 bits per heavy atom. The van der Waals surface area contributed by atoms with E-state index < -0.39 is 0 Å². The van der Waals surface area contributed by atoms with E-state index >= 15 is 0 Å². The van der Waals surface area contributed by atoms with Gasteiger partial charge in [0.15, 0.2) is 0 Å². The number of nitrogens with one attached hydrogen (secondary N) is 1. The summed E-state index contributed by atoms with van der Waals surface area (Å²) in [7, 11) is 1.95. The molecule has 2 aromatic rings. The average Bonchev–Trinajstić information content (AvgIpc) is 3.14. The lowest BCUT2D eigenvalue weighted by molar-refractivity contribution is 0.0791. The van der Waals surface area contributed by atoms with Crippen molar-refractivity contribution in [3.63, 3.8) is 0 Å². The number of carbonyl (C=O) groups is 1. The minimum absolute atomic E-state index is 0.104. The molecule has 1 fully saturated rings. The maximum Gasteiger partial charge on any atom is 0.265 e. The first-order valence-corrected chi connectivity index (χ1v) is 8.95. The van der Waals surface area contributed by atoms with Crippen LogP contribution in [0.1, 0.15) is 21.8 Å². The van der Waals surface area contributed by atoms with Gasteiger partial charge in [0.1, 0.15) is 9.88 Å². The van der Waals surface area contributed by atoms with Crippen molar-refractivity contribution in [1.82, 2.24) is 15.2 Å². The molecular weight excluding hydrogens is 330 g/mol. The Kier molecular flexibility index (Phi) is 4.99.